The van der Waals surface area contributed by atoms with Gasteiger partial charge in [-0.2, -0.15) is 0 Å². The normalized spacial score (nSPS) is 19.9. The molecule has 2 rings (SSSR count). The number of carbonyl (C=O) groups excluding carboxylic acids is 1. The fourth-order valence-electron chi connectivity index (χ4n) is 2.65. The number of anilines is 1. The number of hydrogen-bond acceptors (Lipinski definition) is 4. The minimum Gasteiger partial charge on any atom is -0.465 e. The molecule has 0 aromatic heterocycles. The van der Waals surface area contributed by atoms with E-state index in [2.05, 4.69) is 19.2 Å². The number of ether oxygens (including phenoxy) is 1. The van der Waals surface area contributed by atoms with Crippen LogP contribution in [0.25, 0.3) is 0 Å². The van der Waals surface area contributed by atoms with Gasteiger partial charge in [-0.3, -0.25) is 4.79 Å². The number of aliphatic hydroxyl groups is 1. The second kappa shape index (κ2) is 5.21. The summed E-state index contributed by atoms with van der Waals surface area (Å²) >= 11 is 0. The highest BCUT2D eigenvalue weighted by molar-refractivity contribution is 5.75. The Kier molecular flexibility index (Phi) is 3.80. The SMILES string of the molecule is CCOC(=O)CNc1ccc2c(c1)[C@H](O)CC2(C)C. The predicted octanol–water partition coefficient (Wildman–Crippen LogP) is 2.38. The van der Waals surface area contributed by atoms with Gasteiger partial charge in [0.05, 0.1) is 12.7 Å². The standard InChI is InChI=1S/C15H21NO3/c1-4-19-14(18)9-16-10-5-6-12-11(7-10)13(17)8-15(12,2)3/h5-7,13,16-17H,4,8-9H2,1-3H3/t13-/m1/s1. The maximum atomic E-state index is 11.3. The van der Waals surface area contributed by atoms with Gasteiger partial charge in [-0.25, -0.2) is 0 Å². The third-order valence-electron chi connectivity index (χ3n) is 3.59. The average Bonchev–Trinajstić information content (AvgIpc) is 2.57. The van der Waals surface area contributed by atoms with Crippen molar-refractivity contribution in [3.05, 3.63) is 29.3 Å². The Balaban J connectivity index is 2.10. The highest BCUT2D eigenvalue weighted by Crippen LogP contribution is 2.45. The van der Waals surface area contributed by atoms with Crippen LogP contribution in [0.15, 0.2) is 18.2 Å². The highest BCUT2D eigenvalue weighted by Gasteiger charge is 2.35. The van der Waals surface area contributed by atoms with Crippen LogP contribution in [0.1, 0.15) is 44.4 Å². The largest absolute Gasteiger partial charge is 0.465 e. The molecule has 4 nitrogen and oxygen atoms in total. The fraction of sp³-hybridized carbons (Fsp3) is 0.533. The molecule has 1 atom stereocenters. The van der Waals surface area contributed by atoms with Gasteiger partial charge < -0.3 is 15.2 Å². The van der Waals surface area contributed by atoms with E-state index in [0.29, 0.717) is 6.61 Å². The van der Waals surface area contributed by atoms with Gasteiger partial charge in [0, 0.05) is 5.69 Å². The van der Waals surface area contributed by atoms with Crippen LogP contribution in [-0.2, 0) is 14.9 Å². The third kappa shape index (κ3) is 2.89. The monoisotopic (exact) mass is 263 g/mol. The summed E-state index contributed by atoms with van der Waals surface area (Å²) in [5.74, 6) is -0.274. The summed E-state index contributed by atoms with van der Waals surface area (Å²) < 4.78 is 4.86. The second-order valence-electron chi connectivity index (χ2n) is 5.56. The van der Waals surface area contributed by atoms with Crippen LogP contribution < -0.4 is 5.32 Å². The van der Waals surface area contributed by atoms with Gasteiger partial charge in [0.15, 0.2) is 0 Å². The van der Waals surface area contributed by atoms with E-state index < -0.39 is 6.10 Å². The molecule has 1 aromatic carbocycles. The summed E-state index contributed by atoms with van der Waals surface area (Å²) in [6.45, 7) is 6.58. The Morgan fingerprint density at radius 3 is 2.95 bits per heavy atom. The first-order valence-electron chi connectivity index (χ1n) is 6.66. The number of rotatable bonds is 4. The molecule has 4 heteroatoms. The van der Waals surface area contributed by atoms with Crippen LogP contribution in [0.5, 0.6) is 0 Å². The molecule has 1 aliphatic rings. The van der Waals surface area contributed by atoms with Gasteiger partial charge in [0.1, 0.15) is 6.54 Å². The Morgan fingerprint density at radius 1 is 1.53 bits per heavy atom. The van der Waals surface area contributed by atoms with Crippen LogP contribution in [-0.4, -0.2) is 24.2 Å². The summed E-state index contributed by atoms with van der Waals surface area (Å²) in [6, 6.07) is 5.89. The van der Waals surface area contributed by atoms with Crippen LogP contribution >= 0.6 is 0 Å². The maximum Gasteiger partial charge on any atom is 0.325 e. The zero-order valence-corrected chi connectivity index (χ0v) is 11.7. The molecular weight excluding hydrogens is 242 g/mol. The van der Waals surface area contributed by atoms with E-state index in [9.17, 15) is 9.90 Å². The molecule has 2 N–H and O–H groups in total. The predicted molar refractivity (Wildman–Crippen MR) is 74.2 cm³/mol. The first-order valence-corrected chi connectivity index (χ1v) is 6.66. The summed E-state index contributed by atoms with van der Waals surface area (Å²) in [5.41, 5.74) is 2.98. The van der Waals surface area contributed by atoms with Crippen LogP contribution in [0.2, 0.25) is 0 Å². The molecule has 0 spiro atoms. The van der Waals surface area contributed by atoms with Crippen LogP contribution in [0.4, 0.5) is 5.69 Å². The third-order valence-corrected chi connectivity index (χ3v) is 3.59. The van der Waals surface area contributed by atoms with Crippen molar-refractivity contribution in [3.8, 4) is 0 Å². The molecule has 0 heterocycles. The molecule has 0 amide bonds. The molecular formula is C15H21NO3. The van der Waals surface area contributed by atoms with Gasteiger partial charge in [-0.05, 0) is 42.0 Å². The summed E-state index contributed by atoms with van der Waals surface area (Å²) in [6.07, 6.45) is 0.318. The van der Waals surface area contributed by atoms with Crippen molar-refractivity contribution in [2.24, 2.45) is 0 Å². The number of hydrogen-bond donors (Lipinski definition) is 2. The Hall–Kier alpha value is -1.55. The molecule has 0 bridgehead atoms. The van der Waals surface area contributed by atoms with E-state index >= 15 is 0 Å². The van der Waals surface area contributed by atoms with Crippen molar-refractivity contribution in [2.75, 3.05) is 18.5 Å². The lowest BCUT2D eigenvalue weighted by Crippen LogP contribution is -2.17. The van der Waals surface area contributed by atoms with Crippen molar-refractivity contribution in [1.29, 1.82) is 0 Å². The van der Waals surface area contributed by atoms with Crippen LogP contribution in [0, 0.1) is 0 Å². The zero-order valence-electron chi connectivity index (χ0n) is 11.7. The van der Waals surface area contributed by atoms with Crippen molar-refractivity contribution in [1.82, 2.24) is 0 Å². The van der Waals surface area contributed by atoms with Crippen molar-refractivity contribution < 1.29 is 14.6 Å². The number of fused-ring (bicyclic) bond motifs is 1. The first-order chi connectivity index (χ1) is 8.94. The van der Waals surface area contributed by atoms with E-state index in [1.807, 2.05) is 18.2 Å². The van der Waals surface area contributed by atoms with E-state index in [-0.39, 0.29) is 17.9 Å². The van der Waals surface area contributed by atoms with Gasteiger partial charge in [0.2, 0.25) is 0 Å². The summed E-state index contributed by atoms with van der Waals surface area (Å²) in [4.78, 5) is 11.3. The van der Waals surface area contributed by atoms with E-state index in [1.165, 1.54) is 5.56 Å². The number of esters is 1. The average molecular weight is 263 g/mol. The topological polar surface area (TPSA) is 58.6 Å². The van der Waals surface area contributed by atoms with E-state index in [0.717, 1.165) is 17.7 Å². The molecule has 0 unspecified atom stereocenters. The zero-order chi connectivity index (χ0) is 14.0. The molecule has 104 valence electrons. The minimum atomic E-state index is -0.422. The van der Waals surface area contributed by atoms with E-state index in [1.54, 1.807) is 6.92 Å². The first kappa shape index (κ1) is 13.9. The molecule has 0 saturated heterocycles. The van der Waals surface area contributed by atoms with Crippen molar-refractivity contribution in [2.45, 2.75) is 38.7 Å². The van der Waals surface area contributed by atoms with Crippen LogP contribution in [0.3, 0.4) is 0 Å². The maximum absolute atomic E-state index is 11.3. The number of carbonyl (C=O) groups is 1. The molecule has 0 saturated carbocycles. The lowest BCUT2D eigenvalue weighted by atomic mass is 9.86. The molecule has 0 aliphatic heterocycles. The molecule has 0 radical (unpaired) electrons. The van der Waals surface area contributed by atoms with E-state index in [4.69, 9.17) is 4.74 Å². The Bertz CT molecular complexity index is 482. The van der Waals surface area contributed by atoms with Gasteiger partial charge in [0.25, 0.3) is 0 Å². The quantitative estimate of drug-likeness (QED) is 0.819. The van der Waals surface area contributed by atoms with Crippen molar-refractivity contribution >= 4 is 11.7 Å². The minimum absolute atomic E-state index is 0.00835. The number of aliphatic hydroxyl groups excluding tert-OH is 1. The van der Waals surface area contributed by atoms with Crippen molar-refractivity contribution in [3.63, 3.8) is 0 Å². The molecule has 1 aliphatic carbocycles. The molecule has 0 fully saturated rings. The summed E-state index contributed by atoms with van der Waals surface area (Å²) in [7, 11) is 0. The lowest BCUT2D eigenvalue weighted by molar-refractivity contribution is -0.140. The Morgan fingerprint density at radius 2 is 2.26 bits per heavy atom. The van der Waals surface area contributed by atoms with Gasteiger partial charge in [-0.15, -0.1) is 0 Å². The second-order valence-corrected chi connectivity index (χ2v) is 5.56. The lowest BCUT2D eigenvalue weighted by Gasteiger charge is -2.18. The molecule has 19 heavy (non-hydrogen) atoms. The smallest absolute Gasteiger partial charge is 0.325 e. The van der Waals surface area contributed by atoms with Gasteiger partial charge >= 0.3 is 5.97 Å². The Labute approximate surface area is 113 Å². The number of nitrogens with one attached hydrogen (secondary N) is 1. The van der Waals surface area contributed by atoms with Gasteiger partial charge in [-0.1, -0.05) is 19.9 Å². The molecule has 1 aromatic rings. The summed E-state index contributed by atoms with van der Waals surface area (Å²) in [5, 5.41) is 13.1. The highest BCUT2D eigenvalue weighted by atomic mass is 16.5. The fourth-order valence-corrected chi connectivity index (χ4v) is 2.65. The number of benzene rings is 1.